The van der Waals surface area contributed by atoms with Gasteiger partial charge in [0.1, 0.15) is 5.82 Å². The summed E-state index contributed by atoms with van der Waals surface area (Å²) in [5, 5.41) is 22.0. The molecule has 1 aliphatic heterocycles. The van der Waals surface area contributed by atoms with E-state index in [9.17, 15) is 27.5 Å². The number of piperidine rings is 1. The van der Waals surface area contributed by atoms with Gasteiger partial charge in [0.2, 0.25) is 0 Å². The fourth-order valence-corrected chi connectivity index (χ4v) is 3.57. The van der Waals surface area contributed by atoms with Crippen molar-refractivity contribution in [3.8, 4) is 0 Å². The van der Waals surface area contributed by atoms with Crippen LogP contribution in [-0.4, -0.2) is 39.5 Å². The highest BCUT2D eigenvalue weighted by Crippen LogP contribution is 2.38. The molecule has 0 spiro atoms. The van der Waals surface area contributed by atoms with Crippen LogP contribution in [0.25, 0.3) is 10.9 Å². The standard InChI is InChI=1S/C20H18F4N4O3/c21-15-6-5-12(20(22,23)24)11-14(15)19(30)7-9-28(10-8-19)31-18(29)25-17-13-3-1-2-4-16(13)26-27-17/h1-6,11,30H,7-10H2,(H2,25,26,27,29). The Morgan fingerprint density at radius 3 is 2.61 bits per heavy atom. The fourth-order valence-electron chi connectivity index (χ4n) is 3.57. The second-order valence-electron chi connectivity index (χ2n) is 7.27. The van der Waals surface area contributed by atoms with E-state index in [1.54, 1.807) is 18.2 Å². The third-order valence-electron chi connectivity index (χ3n) is 5.25. The van der Waals surface area contributed by atoms with Crippen LogP contribution in [0.3, 0.4) is 0 Å². The zero-order valence-electron chi connectivity index (χ0n) is 16.0. The first-order valence-corrected chi connectivity index (χ1v) is 9.42. The van der Waals surface area contributed by atoms with Gasteiger partial charge in [-0.2, -0.15) is 18.3 Å². The van der Waals surface area contributed by atoms with Crippen molar-refractivity contribution in [1.82, 2.24) is 15.3 Å². The summed E-state index contributed by atoms with van der Waals surface area (Å²) < 4.78 is 53.1. The maximum Gasteiger partial charge on any atom is 0.432 e. The van der Waals surface area contributed by atoms with Crippen LogP contribution in [0.2, 0.25) is 0 Å². The second-order valence-corrected chi connectivity index (χ2v) is 7.27. The number of hydrogen-bond acceptors (Lipinski definition) is 5. The van der Waals surface area contributed by atoms with E-state index >= 15 is 0 Å². The minimum Gasteiger partial charge on any atom is -0.385 e. The van der Waals surface area contributed by atoms with Crippen molar-refractivity contribution in [3.05, 3.63) is 59.4 Å². The molecule has 1 saturated heterocycles. The molecule has 1 fully saturated rings. The number of carbonyl (C=O) groups excluding carboxylic acids is 1. The lowest BCUT2D eigenvalue weighted by Crippen LogP contribution is -2.44. The zero-order chi connectivity index (χ0) is 22.2. The first-order chi connectivity index (χ1) is 14.7. The number of para-hydroxylation sites is 1. The Balaban J connectivity index is 1.40. The Hall–Kier alpha value is -3.18. The van der Waals surface area contributed by atoms with Gasteiger partial charge in [-0.15, -0.1) is 5.06 Å². The summed E-state index contributed by atoms with van der Waals surface area (Å²) in [7, 11) is 0. The lowest BCUT2D eigenvalue weighted by atomic mass is 9.84. The molecular weight excluding hydrogens is 420 g/mol. The summed E-state index contributed by atoms with van der Waals surface area (Å²) in [4.78, 5) is 17.4. The minimum atomic E-state index is -4.66. The maximum atomic E-state index is 14.2. The minimum absolute atomic E-state index is 0.000911. The number of aromatic amines is 1. The predicted octanol–water partition coefficient (Wildman–Crippen LogP) is 4.17. The molecule has 0 aliphatic carbocycles. The number of benzene rings is 2. The van der Waals surface area contributed by atoms with Crippen molar-refractivity contribution < 1.29 is 32.3 Å². The van der Waals surface area contributed by atoms with Crippen molar-refractivity contribution >= 4 is 22.8 Å². The number of amides is 1. The van der Waals surface area contributed by atoms with Crippen LogP contribution < -0.4 is 5.32 Å². The first-order valence-electron chi connectivity index (χ1n) is 9.42. The molecule has 31 heavy (non-hydrogen) atoms. The number of aromatic nitrogens is 2. The second kappa shape index (κ2) is 7.82. The van der Waals surface area contributed by atoms with Crippen LogP contribution in [0.4, 0.5) is 28.2 Å². The van der Waals surface area contributed by atoms with Gasteiger partial charge in [-0.05, 0) is 43.2 Å². The van der Waals surface area contributed by atoms with E-state index in [2.05, 4.69) is 15.5 Å². The highest BCUT2D eigenvalue weighted by atomic mass is 19.4. The predicted molar refractivity (Wildman–Crippen MR) is 102 cm³/mol. The maximum absolute atomic E-state index is 14.2. The molecule has 3 N–H and O–H groups in total. The largest absolute Gasteiger partial charge is 0.432 e. The number of nitrogens with one attached hydrogen (secondary N) is 2. The number of anilines is 1. The summed E-state index contributed by atoms with van der Waals surface area (Å²) in [6, 6.07) is 9.10. The van der Waals surface area contributed by atoms with Gasteiger partial charge in [-0.25, -0.2) is 9.18 Å². The highest BCUT2D eigenvalue weighted by Gasteiger charge is 2.40. The van der Waals surface area contributed by atoms with Crippen molar-refractivity contribution in [1.29, 1.82) is 0 Å². The van der Waals surface area contributed by atoms with Crippen LogP contribution in [0.5, 0.6) is 0 Å². The van der Waals surface area contributed by atoms with Crippen molar-refractivity contribution in [2.45, 2.75) is 24.6 Å². The van der Waals surface area contributed by atoms with Crippen molar-refractivity contribution in [3.63, 3.8) is 0 Å². The Morgan fingerprint density at radius 1 is 1.19 bits per heavy atom. The van der Waals surface area contributed by atoms with E-state index in [4.69, 9.17) is 4.84 Å². The summed E-state index contributed by atoms with van der Waals surface area (Å²) in [6.07, 6.45) is -5.71. The summed E-state index contributed by atoms with van der Waals surface area (Å²) in [5.74, 6) is -0.645. The molecule has 2 heterocycles. The number of H-pyrrole nitrogens is 1. The Morgan fingerprint density at radius 2 is 1.90 bits per heavy atom. The van der Waals surface area contributed by atoms with Gasteiger partial charge in [0, 0.05) is 24.0 Å². The number of alkyl halides is 3. The van der Waals surface area contributed by atoms with Crippen molar-refractivity contribution in [2.75, 3.05) is 18.4 Å². The molecule has 2 aromatic carbocycles. The van der Waals surface area contributed by atoms with Gasteiger partial charge in [-0.3, -0.25) is 10.4 Å². The van der Waals surface area contributed by atoms with Crippen LogP contribution in [0.15, 0.2) is 42.5 Å². The molecule has 0 unspecified atom stereocenters. The molecule has 1 aromatic heterocycles. The number of aliphatic hydroxyl groups is 1. The number of halogens is 4. The SMILES string of the molecule is O=C(Nc1n[nH]c2ccccc12)ON1CCC(O)(c2cc(C(F)(F)F)ccc2F)CC1. The lowest BCUT2D eigenvalue weighted by Gasteiger charge is -2.37. The fraction of sp³-hybridized carbons (Fsp3) is 0.300. The normalized spacial score (nSPS) is 16.9. The first kappa shape index (κ1) is 21.1. The number of hydroxylamine groups is 2. The Labute approximate surface area is 173 Å². The number of rotatable bonds is 3. The van der Waals surface area contributed by atoms with Gasteiger partial charge >= 0.3 is 12.3 Å². The lowest BCUT2D eigenvalue weighted by molar-refractivity contribution is -0.149. The molecule has 164 valence electrons. The third-order valence-corrected chi connectivity index (χ3v) is 5.25. The van der Waals surface area contributed by atoms with E-state index < -0.39 is 34.8 Å². The van der Waals surface area contributed by atoms with E-state index in [0.29, 0.717) is 23.6 Å². The molecule has 1 aliphatic rings. The molecule has 0 bridgehead atoms. The summed E-state index contributed by atoms with van der Waals surface area (Å²) in [6.45, 7) is 0.00182. The molecule has 0 radical (unpaired) electrons. The number of carbonyl (C=O) groups is 1. The number of hydrogen-bond donors (Lipinski definition) is 3. The molecule has 1 amide bonds. The van der Waals surface area contributed by atoms with Crippen LogP contribution >= 0.6 is 0 Å². The summed E-state index contributed by atoms with van der Waals surface area (Å²) >= 11 is 0. The van der Waals surface area contributed by atoms with Crippen LogP contribution in [-0.2, 0) is 16.6 Å². The smallest absolute Gasteiger partial charge is 0.385 e. The molecule has 4 rings (SSSR count). The quantitative estimate of drug-likeness (QED) is 0.534. The van der Waals surface area contributed by atoms with E-state index in [0.717, 1.165) is 5.52 Å². The van der Waals surface area contributed by atoms with Crippen LogP contribution in [0, 0.1) is 5.82 Å². The molecule has 7 nitrogen and oxygen atoms in total. The highest BCUT2D eigenvalue weighted by molar-refractivity contribution is 5.96. The van der Waals surface area contributed by atoms with Gasteiger partial charge in [0.25, 0.3) is 0 Å². The van der Waals surface area contributed by atoms with E-state index in [1.165, 1.54) is 5.06 Å². The molecule has 0 saturated carbocycles. The van der Waals surface area contributed by atoms with E-state index in [-0.39, 0.29) is 31.7 Å². The average Bonchev–Trinajstić information content (AvgIpc) is 3.12. The molecule has 0 atom stereocenters. The topological polar surface area (TPSA) is 90.5 Å². The molecular formula is C20H18F4N4O3. The van der Waals surface area contributed by atoms with E-state index in [1.807, 2.05) is 6.07 Å². The van der Waals surface area contributed by atoms with Crippen molar-refractivity contribution in [2.24, 2.45) is 0 Å². The number of nitrogens with zero attached hydrogens (tertiary/aromatic N) is 2. The van der Waals surface area contributed by atoms with Gasteiger partial charge in [0.05, 0.1) is 16.7 Å². The third kappa shape index (κ3) is 4.32. The monoisotopic (exact) mass is 438 g/mol. The zero-order valence-corrected chi connectivity index (χ0v) is 16.0. The van der Waals surface area contributed by atoms with Gasteiger partial charge in [0.15, 0.2) is 5.82 Å². The molecule has 11 heteroatoms. The molecule has 3 aromatic rings. The summed E-state index contributed by atoms with van der Waals surface area (Å²) in [5.41, 5.74) is -2.54. The average molecular weight is 438 g/mol. The van der Waals surface area contributed by atoms with Crippen LogP contribution in [0.1, 0.15) is 24.0 Å². The van der Waals surface area contributed by atoms with Gasteiger partial charge in [-0.1, -0.05) is 12.1 Å². The Bertz CT molecular complexity index is 1110. The van der Waals surface area contributed by atoms with Gasteiger partial charge < -0.3 is 9.94 Å². The Kier molecular flexibility index (Phi) is 5.31. The number of fused-ring (bicyclic) bond motifs is 1.